The average Bonchev–Trinajstić information content (AvgIpc) is 2.39. The number of benzene rings is 1. The van der Waals surface area contributed by atoms with E-state index in [1.54, 1.807) is 0 Å². The summed E-state index contributed by atoms with van der Waals surface area (Å²) in [6.07, 6.45) is 7.14. The highest BCUT2D eigenvalue weighted by molar-refractivity contribution is 14.1. The molecule has 94 valence electrons. The molecule has 0 unspecified atom stereocenters. The molecular formula is C15H22IN. The van der Waals surface area contributed by atoms with Gasteiger partial charge < -0.3 is 5.32 Å². The summed E-state index contributed by atoms with van der Waals surface area (Å²) in [5, 5.41) is 3.69. The third-order valence-electron chi connectivity index (χ3n) is 3.90. The molecule has 1 aliphatic carbocycles. The number of halogens is 1. The Morgan fingerprint density at radius 1 is 1.18 bits per heavy atom. The van der Waals surface area contributed by atoms with Crippen molar-refractivity contribution in [1.82, 2.24) is 5.32 Å². The van der Waals surface area contributed by atoms with Crippen molar-refractivity contribution in [1.29, 1.82) is 0 Å². The van der Waals surface area contributed by atoms with E-state index < -0.39 is 0 Å². The molecule has 2 heteroatoms. The van der Waals surface area contributed by atoms with E-state index in [9.17, 15) is 0 Å². The fraction of sp³-hybridized carbons (Fsp3) is 0.600. The Morgan fingerprint density at radius 3 is 2.47 bits per heavy atom. The summed E-state index contributed by atoms with van der Waals surface area (Å²) in [6.45, 7) is 3.36. The molecule has 0 heterocycles. The van der Waals surface area contributed by atoms with Crippen LogP contribution < -0.4 is 5.32 Å². The van der Waals surface area contributed by atoms with Crippen LogP contribution in [0.25, 0.3) is 0 Å². The normalized spacial score (nSPS) is 19.2. The van der Waals surface area contributed by atoms with Crippen LogP contribution in [0.2, 0.25) is 0 Å². The molecule has 1 nitrogen and oxygen atoms in total. The number of rotatable bonds is 4. The maximum absolute atomic E-state index is 3.69. The van der Waals surface area contributed by atoms with Crippen molar-refractivity contribution in [3.8, 4) is 0 Å². The Balaban J connectivity index is 1.78. The second-order valence-corrected chi connectivity index (χ2v) is 6.44. The van der Waals surface area contributed by atoms with Crippen LogP contribution in [0, 0.1) is 9.49 Å². The summed E-state index contributed by atoms with van der Waals surface area (Å²) in [7, 11) is 0. The highest BCUT2D eigenvalue weighted by Crippen LogP contribution is 2.26. The third kappa shape index (κ3) is 4.25. The van der Waals surface area contributed by atoms with Gasteiger partial charge in [0.2, 0.25) is 0 Å². The van der Waals surface area contributed by atoms with Crippen molar-refractivity contribution in [3.63, 3.8) is 0 Å². The fourth-order valence-corrected chi connectivity index (χ4v) is 3.04. The number of hydrogen-bond donors (Lipinski definition) is 1. The van der Waals surface area contributed by atoms with Crippen molar-refractivity contribution >= 4 is 22.6 Å². The molecule has 0 aliphatic heterocycles. The van der Waals surface area contributed by atoms with Gasteiger partial charge in [-0.1, -0.05) is 31.4 Å². The first kappa shape index (κ1) is 13.3. The lowest BCUT2D eigenvalue weighted by Gasteiger charge is -2.28. The van der Waals surface area contributed by atoms with Crippen molar-refractivity contribution in [2.75, 3.05) is 0 Å². The molecule has 2 rings (SSSR count). The topological polar surface area (TPSA) is 12.0 Å². The molecule has 1 N–H and O–H groups in total. The minimum Gasteiger partial charge on any atom is -0.310 e. The van der Waals surface area contributed by atoms with Gasteiger partial charge in [-0.05, 0) is 66.0 Å². The largest absolute Gasteiger partial charge is 0.310 e. The van der Waals surface area contributed by atoms with Gasteiger partial charge in [0.15, 0.2) is 0 Å². The van der Waals surface area contributed by atoms with E-state index >= 15 is 0 Å². The standard InChI is InChI=1S/C15H22IN/c1-12(14-5-3-2-4-6-14)17-11-13-7-9-15(16)10-8-13/h7-10,12,14,17H,2-6,11H2,1H3/t12-/m0/s1. The van der Waals surface area contributed by atoms with Gasteiger partial charge in [0.25, 0.3) is 0 Å². The van der Waals surface area contributed by atoms with Gasteiger partial charge in [-0.3, -0.25) is 0 Å². The predicted octanol–water partition coefficient (Wildman–Crippen LogP) is 4.35. The van der Waals surface area contributed by atoms with Crippen LogP contribution in [0.4, 0.5) is 0 Å². The van der Waals surface area contributed by atoms with Gasteiger partial charge in [0.1, 0.15) is 0 Å². The molecule has 0 amide bonds. The van der Waals surface area contributed by atoms with Gasteiger partial charge in [0, 0.05) is 16.2 Å². The summed E-state index contributed by atoms with van der Waals surface area (Å²) in [4.78, 5) is 0. The number of hydrogen-bond acceptors (Lipinski definition) is 1. The minimum absolute atomic E-state index is 0.662. The van der Waals surface area contributed by atoms with E-state index in [4.69, 9.17) is 0 Å². The summed E-state index contributed by atoms with van der Waals surface area (Å²) in [6, 6.07) is 9.48. The van der Waals surface area contributed by atoms with Crippen LogP contribution in [-0.4, -0.2) is 6.04 Å². The van der Waals surface area contributed by atoms with Crippen LogP contribution in [0.5, 0.6) is 0 Å². The lowest BCUT2D eigenvalue weighted by molar-refractivity contribution is 0.280. The van der Waals surface area contributed by atoms with Crippen LogP contribution in [-0.2, 0) is 6.54 Å². The Morgan fingerprint density at radius 2 is 1.82 bits per heavy atom. The molecule has 1 saturated carbocycles. The first-order valence-corrected chi connectivity index (χ1v) is 7.81. The Labute approximate surface area is 119 Å². The van der Waals surface area contributed by atoms with Gasteiger partial charge in [-0.2, -0.15) is 0 Å². The summed E-state index contributed by atoms with van der Waals surface area (Å²) >= 11 is 2.35. The Kier molecular flexibility index (Phi) is 5.29. The van der Waals surface area contributed by atoms with Gasteiger partial charge in [0.05, 0.1) is 0 Å². The van der Waals surface area contributed by atoms with Crippen LogP contribution in [0.1, 0.15) is 44.6 Å². The lowest BCUT2D eigenvalue weighted by atomic mass is 9.84. The maximum Gasteiger partial charge on any atom is 0.0208 e. The zero-order valence-corrected chi connectivity index (χ0v) is 12.7. The van der Waals surface area contributed by atoms with E-state index in [2.05, 4.69) is 59.1 Å². The van der Waals surface area contributed by atoms with E-state index in [1.165, 1.54) is 41.2 Å². The van der Waals surface area contributed by atoms with Gasteiger partial charge in [-0.25, -0.2) is 0 Å². The predicted molar refractivity (Wildman–Crippen MR) is 82.0 cm³/mol. The van der Waals surface area contributed by atoms with Crippen molar-refractivity contribution < 1.29 is 0 Å². The first-order chi connectivity index (χ1) is 8.25. The molecule has 17 heavy (non-hydrogen) atoms. The Hall–Kier alpha value is -0.0900. The van der Waals surface area contributed by atoms with E-state index in [1.807, 2.05) is 0 Å². The van der Waals surface area contributed by atoms with Crippen LogP contribution >= 0.6 is 22.6 Å². The van der Waals surface area contributed by atoms with E-state index in [0.29, 0.717) is 6.04 Å². The van der Waals surface area contributed by atoms with E-state index in [0.717, 1.165) is 12.5 Å². The molecule has 1 aliphatic rings. The molecule has 0 radical (unpaired) electrons. The molecule has 1 aromatic carbocycles. The molecule has 0 saturated heterocycles. The third-order valence-corrected chi connectivity index (χ3v) is 4.62. The quantitative estimate of drug-likeness (QED) is 0.802. The highest BCUT2D eigenvalue weighted by Gasteiger charge is 2.19. The summed E-state index contributed by atoms with van der Waals surface area (Å²) in [5.74, 6) is 0.896. The average molecular weight is 343 g/mol. The number of nitrogens with one attached hydrogen (secondary N) is 1. The van der Waals surface area contributed by atoms with Crippen LogP contribution in [0.15, 0.2) is 24.3 Å². The lowest BCUT2D eigenvalue weighted by Crippen LogP contribution is -2.34. The second kappa shape index (κ2) is 6.74. The monoisotopic (exact) mass is 343 g/mol. The molecule has 1 fully saturated rings. The molecule has 1 aromatic rings. The first-order valence-electron chi connectivity index (χ1n) is 6.73. The van der Waals surface area contributed by atoms with E-state index in [-0.39, 0.29) is 0 Å². The molecular weight excluding hydrogens is 321 g/mol. The molecule has 0 aromatic heterocycles. The van der Waals surface area contributed by atoms with Crippen molar-refractivity contribution in [3.05, 3.63) is 33.4 Å². The molecule has 1 atom stereocenters. The fourth-order valence-electron chi connectivity index (χ4n) is 2.68. The van der Waals surface area contributed by atoms with Crippen molar-refractivity contribution in [2.45, 2.75) is 51.6 Å². The minimum atomic E-state index is 0.662. The Bertz CT molecular complexity index is 327. The SMILES string of the molecule is C[C@H](NCc1ccc(I)cc1)C1CCCCC1. The van der Waals surface area contributed by atoms with Gasteiger partial charge >= 0.3 is 0 Å². The highest BCUT2D eigenvalue weighted by atomic mass is 127. The second-order valence-electron chi connectivity index (χ2n) is 5.19. The molecule has 0 spiro atoms. The zero-order chi connectivity index (χ0) is 12.1. The van der Waals surface area contributed by atoms with Gasteiger partial charge in [-0.15, -0.1) is 0 Å². The molecule has 0 bridgehead atoms. The summed E-state index contributed by atoms with van der Waals surface area (Å²) < 4.78 is 1.31. The zero-order valence-electron chi connectivity index (χ0n) is 10.6. The summed E-state index contributed by atoms with van der Waals surface area (Å²) in [5.41, 5.74) is 1.40. The smallest absolute Gasteiger partial charge is 0.0208 e. The van der Waals surface area contributed by atoms with Crippen molar-refractivity contribution in [2.24, 2.45) is 5.92 Å². The maximum atomic E-state index is 3.69. The van der Waals surface area contributed by atoms with Crippen LogP contribution in [0.3, 0.4) is 0 Å².